The number of benzene rings is 1. The molecule has 0 radical (unpaired) electrons. The lowest BCUT2D eigenvalue weighted by Gasteiger charge is -2.37. The molecule has 3 amide bonds. The highest BCUT2D eigenvalue weighted by atomic mass is 16.5. The predicted octanol–water partition coefficient (Wildman–Crippen LogP) is 2.84. The van der Waals surface area contributed by atoms with Crippen LogP contribution in [0.25, 0.3) is 0 Å². The number of anilines is 2. The van der Waals surface area contributed by atoms with Crippen LogP contribution in [0.4, 0.5) is 11.4 Å². The minimum atomic E-state index is -1.06. The van der Waals surface area contributed by atoms with Crippen molar-refractivity contribution in [1.29, 1.82) is 0 Å². The van der Waals surface area contributed by atoms with Crippen LogP contribution < -0.4 is 9.80 Å². The molecule has 9 nitrogen and oxygen atoms in total. The maximum atomic E-state index is 14.5. The molecule has 0 aliphatic carbocycles. The summed E-state index contributed by atoms with van der Waals surface area (Å²) >= 11 is 0. The monoisotopic (exact) mass is 552 g/mol. The summed E-state index contributed by atoms with van der Waals surface area (Å²) in [5, 5.41) is 9.40. The van der Waals surface area contributed by atoms with E-state index < -0.39 is 29.6 Å². The average Bonchev–Trinajstić information content (AvgIpc) is 3.60. The zero-order chi connectivity index (χ0) is 29.0. The Bertz CT molecular complexity index is 1100. The molecule has 3 fully saturated rings. The number of likely N-dealkylation sites (tertiary alicyclic amines) is 1. The Morgan fingerprint density at radius 1 is 1.07 bits per heavy atom. The number of likely N-dealkylation sites (N-methyl/N-ethyl adjacent to an activating group) is 1. The molecule has 3 saturated heterocycles. The van der Waals surface area contributed by atoms with Crippen LogP contribution in [0.1, 0.15) is 39.5 Å². The summed E-state index contributed by atoms with van der Waals surface area (Å²) in [5.41, 5.74) is 0.727. The molecular weight excluding hydrogens is 508 g/mol. The van der Waals surface area contributed by atoms with Gasteiger partial charge in [0.1, 0.15) is 11.6 Å². The smallest absolute Gasteiger partial charge is 0.253 e. The van der Waals surface area contributed by atoms with Gasteiger partial charge in [-0.1, -0.05) is 12.2 Å². The van der Waals surface area contributed by atoms with Gasteiger partial charge in [-0.15, -0.1) is 13.2 Å². The molecule has 4 rings (SSSR count). The van der Waals surface area contributed by atoms with Crippen molar-refractivity contribution >= 4 is 29.1 Å². The average molecular weight is 553 g/mol. The number of unbranched alkanes of at least 4 members (excludes halogenated alkanes) is 1. The summed E-state index contributed by atoms with van der Waals surface area (Å²) in [5.74, 6) is -1.94. The number of hydrogen-bond donors (Lipinski definition) is 1. The van der Waals surface area contributed by atoms with Crippen molar-refractivity contribution in [3.8, 4) is 0 Å². The predicted molar refractivity (Wildman–Crippen MR) is 156 cm³/mol. The summed E-state index contributed by atoms with van der Waals surface area (Å²) < 4.78 is 6.57. The van der Waals surface area contributed by atoms with Gasteiger partial charge in [0, 0.05) is 57.8 Å². The number of aliphatic hydroxyl groups is 1. The van der Waals surface area contributed by atoms with E-state index in [0.29, 0.717) is 44.5 Å². The number of aliphatic hydroxyl groups excluding tert-OH is 1. The van der Waals surface area contributed by atoms with Gasteiger partial charge in [-0.2, -0.15) is 0 Å². The molecule has 218 valence electrons. The van der Waals surface area contributed by atoms with Crippen molar-refractivity contribution in [1.82, 2.24) is 9.80 Å². The minimum absolute atomic E-state index is 0.00270. The molecule has 9 heteroatoms. The maximum Gasteiger partial charge on any atom is 0.253 e. The molecule has 1 aromatic rings. The molecule has 3 heterocycles. The highest BCUT2D eigenvalue weighted by molar-refractivity contribution is 6.05. The molecule has 3 aliphatic heterocycles. The van der Waals surface area contributed by atoms with E-state index in [4.69, 9.17) is 4.74 Å². The fourth-order valence-electron chi connectivity index (χ4n) is 6.92. The second kappa shape index (κ2) is 12.6. The molecule has 5 atom stereocenters. The Hall–Kier alpha value is -3.17. The number of amides is 3. The first-order valence-electron chi connectivity index (χ1n) is 14.5. The van der Waals surface area contributed by atoms with Gasteiger partial charge in [0.25, 0.3) is 5.91 Å². The summed E-state index contributed by atoms with van der Waals surface area (Å²) in [7, 11) is 1.71. The molecule has 1 aromatic carbocycles. The molecule has 40 heavy (non-hydrogen) atoms. The molecule has 2 bridgehead atoms. The maximum absolute atomic E-state index is 14.5. The van der Waals surface area contributed by atoms with E-state index >= 15 is 0 Å². The zero-order valence-corrected chi connectivity index (χ0v) is 24.1. The van der Waals surface area contributed by atoms with Gasteiger partial charge in [0.15, 0.2) is 0 Å². The van der Waals surface area contributed by atoms with Crippen LogP contribution in [-0.4, -0.2) is 96.8 Å². The van der Waals surface area contributed by atoms with Gasteiger partial charge in [0.2, 0.25) is 11.8 Å². The number of ether oxygens (including phenoxy) is 1. The van der Waals surface area contributed by atoms with E-state index in [9.17, 15) is 19.5 Å². The molecule has 0 saturated carbocycles. The largest absolute Gasteiger partial charge is 0.396 e. The minimum Gasteiger partial charge on any atom is -0.396 e. The van der Waals surface area contributed by atoms with Gasteiger partial charge in [-0.3, -0.25) is 14.4 Å². The molecule has 1 spiro atoms. The van der Waals surface area contributed by atoms with Crippen LogP contribution in [0.2, 0.25) is 0 Å². The van der Waals surface area contributed by atoms with Crippen molar-refractivity contribution in [3.63, 3.8) is 0 Å². The first-order valence-corrected chi connectivity index (χ1v) is 14.5. The summed E-state index contributed by atoms with van der Waals surface area (Å²) in [6, 6.07) is 7.01. The van der Waals surface area contributed by atoms with Crippen LogP contribution >= 0.6 is 0 Å². The Kier molecular flexibility index (Phi) is 9.36. The number of hydrogen-bond acceptors (Lipinski definition) is 6. The number of nitrogens with zero attached hydrogens (tertiary/aromatic N) is 4. The third kappa shape index (κ3) is 5.05. The topological polar surface area (TPSA) is 93.6 Å². The summed E-state index contributed by atoms with van der Waals surface area (Å²) in [6.45, 7) is 14.5. The Labute approximate surface area is 238 Å². The second-order valence-electron chi connectivity index (χ2n) is 11.0. The van der Waals surface area contributed by atoms with E-state index in [2.05, 4.69) is 31.9 Å². The fraction of sp³-hybridized carbons (Fsp3) is 0.581. The van der Waals surface area contributed by atoms with Gasteiger partial charge in [0.05, 0.1) is 17.9 Å². The van der Waals surface area contributed by atoms with Crippen molar-refractivity contribution < 1.29 is 24.2 Å². The van der Waals surface area contributed by atoms with Gasteiger partial charge in [-0.05, 0) is 63.8 Å². The molecule has 0 aromatic heterocycles. The third-order valence-corrected chi connectivity index (χ3v) is 8.77. The normalized spacial score (nSPS) is 26.5. The van der Waals surface area contributed by atoms with Gasteiger partial charge < -0.3 is 29.4 Å². The quantitative estimate of drug-likeness (QED) is 0.282. The second-order valence-corrected chi connectivity index (χ2v) is 11.0. The van der Waals surface area contributed by atoms with Crippen LogP contribution in [0, 0.1) is 11.8 Å². The third-order valence-electron chi connectivity index (χ3n) is 8.77. The van der Waals surface area contributed by atoms with Gasteiger partial charge >= 0.3 is 0 Å². The molecule has 3 aliphatic rings. The highest BCUT2D eigenvalue weighted by Crippen LogP contribution is 2.59. The number of carbonyl (C=O) groups is 3. The summed E-state index contributed by atoms with van der Waals surface area (Å²) in [4.78, 5) is 49.2. The standard InChI is InChI=1S/C31H44N4O5/c1-6-18-32(5)28(37)25-24-16-17-31(40-24)26(25)29(38)35(20-10-11-21-36)27(31)30(39)34(19-7-2)23-14-12-22(13-15-23)33(8-3)9-4/h6-7,12-15,24-27,36H,1-2,8-11,16-21H2,3-5H3/t24-,25+,26+,27?,31?/m1/s1. The number of fused-ring (bicyclic) bond motifs is 1. The number of rotatable bonds is 14. The molecule has 2 unspecified atom stereocenters. The van der Waals surface area contributed by atoms with E-state index in [-0.39, 0.29) is 30.9 Å². The zero-order valence-electron chi connectivity index (χ0n) is 24.1. The van der Waals surface area contributed by atoms with Crippen molar-refractivity contribution in [3.05, 3.63) is 49.6 Å². The van der Waals surface area contributed by atoms with E-state index in [1.54, 1.807) is 33.9 Å². The lowest BCUT2D eigenvalue weighted by molar-refractivity contribution is -0.144. The SMILES string of the molecule is C=CCN(C)C(=O)[C@@H]1[C@H]2C(=O)N(CCCCO)C(C(=O)N(CC=C)c3ccc(N(CC)CC)cc3)C23CC[C@H]1O3. The van der Waals surface area contributed by atoms with Crippen LogP contribution in [0.5, 0.6) is 0 Å². The van der Waals surface area contributed by atoms with E-state index in [0.717, 1.165) is 18.8 Å². The lowest BCUT2D eigenvalue weighted by atomic mass is 9.70. The molecular formula is C31H44N4O5. The van der Waals surface area contributed by atoms with Crippen LogP contribution in [0.3, 0.4) is 0 Å². The first kappa shape index (κ1) is 29.8. The highest BCUT2D eigenvalue weighted by Gasteiger charge is 2.74. The van der Waals surface area contributed by atoms with Crippen LogP contribution in [-0.2, 0) is 19.1 Å². The fourth-order valence-corrected chi connectivity index (χ4v) is 6.92. The molecule has 1 N–H and O–H groups in total. The first-order chi connectivity index (χ1) is 19.3. The Balaban J connectivity index is 1.71. The van der Waals surface area contributed by atoms with Crippen molar-refractivity contribution in [2.75, 3.05) is 56.2 Å². The van der Waals surface area contributed by atoms with Crippen molar-refractivity contribution in [2.24, 2.45) is 11.8 Å². The Morgan fingerprint density at radius 2 is 1.73 bits per heavy atom. The lowest BCUT2D eigenvalue weighted by Crippen LogP contribution is -2.56. The number of carbonyl (C=O) groups excluding carboxylic acids is 3. The van der Waals surface area contributed by atoms with E-state index in [1.165, 1.54) is 0 Å². The van der Waals surface area contributed by atoms with Crippen molar-refractivity contribution in [2.45, 2.75) is 57.3 Å². The van der Waals surface area contributed by atoms with Crippen LogP contribution in [0.15, 0.2) is 49.6 Å². The van der Waals surface area contributed by atoms with Gasteiger partial charge in [-0.25, -0.2) is 0 Å². The van der Waals surface area contributed by atoms with E-state index in [1.807, 2.05) is 24.3 Å². The Morgan fingerprint density at radius 3 is 2.33 bits per heavy atom. The summed E-state index contributed by atoms with van der Waals surface area (Å²) in [6.07, 6.45) is 5.17.